The van der Waals surface area contributed by atoms with Crippen LogP contribution in [0.25, 0.3) is 0 Å². The molecule has 16 heavy (non-hydrogen) atoms. The van der Waals surface area contributed by atoms with Gasteiger partial charge in [0.2, 0.25) is 0 Å². The Morgan fingerprint density at radius 3 is 1.88 bits per heavy atom. The monoisotopic (exact) mass is 226 g/mol. The first kappa shape index (κ1) is 20.5. The highest BCUT2D eigenvalue weighted by Crippen LogP contribution is 2.11. The minimum absolute atomic E-state index is 0.833. The van der Waals surface area contributed by atoms with Crippen LogP contribution < -0.4 is 0 Å². The summed E-state index contributed by atoms with van der Waals surface area (Å²) in [6, 6.07) is 0. The maximum absolute atomic E-state index is 5.29. The molecule has 0 aromatic rings. The van der Waals surface area contributed by atoms with E-state index in [0.29, 0.717) is 0 Å². The zero-order valence-corrected chi connectivity index (χ0v) is 12.0. The second-order valence-corrected chi connectivity index (χ2v) is 3.75. The van der Waals surface area contributed by atoms with Crippen molar-refractivity contribution in [3.63, 3.8) is 0 Å². The largest absolute Gasteiger partial charge is 0.498 e. The zero-order valence-electron chi connectivity index (χ0n) is 12.0. The van der Waals surface area contributed by atoms with Crippen LogP contribution in [0, 0.1) is 18.8 Å². The lowest BCUT2D eigenvalue weighted by molar-refractivity contribution is 0.186. The van der Waals surface area contributed by atoms with Crippen molar-refractivity contribution in [2.45, 2.75) is 60.8 Å². The third kappa shape index (κ3) is 23.2. The summed E-state index contributed by atoms with van der Waals surface area (Å²) in [7, 11) is 0. The Hall–Kier alpha value is -0.900. The molecule has 0 saturated heterocycles. The van der Waals surface area contributed by atoms with Crippen molar-refractivity contribution < 1.29 is 4.74 Å². The molecule has 0 aromatic carbocycles. The molecule has 0 amide bonds. The van der Waals surface area contributed by atoms with Crippen LogP contribution >= 0.6 is 0 Å². The van der Waals surface area contributed by atoms with Crippen LogP contribution in [0.15, 0.2) is 11.8 Å². The summed E-state index contributed by atoms with van der Waals surface area (Å²) in [6.45, 7) is 13.6. The van der Waals surface area contributed by atoms with Crippen molar-refractivity contribution in [1.29, 1.82) is 0 Å². The molecule has 0 fully saturated rings. The number of allylic oxidation sites excluding steroid dienone is 2. The van der Waals surface area contributed by atoms with Gasteiger partial charge in [0, 0.05) is 6.42 Å². The number of rotatable bonds is 1. The van der Waals surface area contributed by atoms with Crippen LogP contribution in [0.1, 0.15) is 60.8 Å². The molecule has 0 aliphatic carbocycles. The van der Waals surface area contributed by atoms with E-state index in [4.69, 9.17) is 4.74 Å². The number of hydrogen-bond acceptors (Lipinski definition) is 1. The predicted molar refractivity (Wildman–Crippen MR) is 75.3 cm³/mol. The Morgan fingerprint density at radius 1 is 1.25 bits per heavy atom. The van der Waals surface area contributed by atoms with Crippen molar-refractivity contribution in [2.75, 3.05) is 6.61 Å². The first-order valence-electron chi connectivity index (χ1n) is 6.32. The normalized spacial score (nSPS) is 12.4. The van der Waals surface area contributed by atoms with Crippen LogP contribution in [0.2, 0.25) is 0 Å². The molecule has 1 aliphatic heterocycles. The molecule has 0 unspecified atom stereocenters. The number of hydrogen-bond donors (Lipinski definition) is 0. The number of terminal acetylenes is 1. The lowest BCUT2D eigenvalue weighted by Crippen LogP contribution is -1.99. The summed E-state index contributed by atoms with van der Waals surface area (Å²) >= 11 is 0. The molecule has 1 heteroatoms. The molecule has 1 heterocycles. The smallest absolute Gasteiger partial charge is 0.0917 e. The maximum atomic E-state index is 5.29. The van der Waals surface area contributed by atoms with Gasteiger partial charge in [0.05, 0.1) is 12.4 Å². The van der Waals surface area contributed by atoms with Gasteiger partial charge in [-0.1, -0.05) is 41.5 Å². The molecular formula is C15H30O. The van der Waals surface area contributed by atoms with Crippen LogP contribution in [0.5, 0.6) is 0 Å². The van der Waals surface area contributed by atoms with E-state index < -0.39 is 0 Å². The second-order valence-electron chi connectivity index (χ2n) is 3.75. The quantitative estimate of drug-likeness (QED) is 0.570. The summed E-state index contributed by atoms with van der Waals surface area (Å²) in [5.41, 5.74) is 0. The third-order valence-corrected chi connectivity index (χ3v) is 1.36. The Bertz CT molecular complexity index is 151. The van der Waals surface area contributed by atoms with Gasteiger partial charge in [0.25, 0.3) is 0 Å². The van der Waals surface area contributed by atoms with E-state index in [2.05, 4.69) is 46.6 Å². The van der Waals surface area contributed by atoms with E-state index in [1.165, 1.54) is 18.6 Å². The second kappa shape index (κ2) is 19.6. The van der Waals surface area contributed by atoms with Gasteiger partial charge < -0.3 is 4.74 Å². The highest BCUT2D eigenvalue weighted by molar-refractivity contribution is 4.94. The zero-order chi connectivity index (χ0) is 13.4. The fourth-order valence-electron chi connectivity index (χ4n) is 0.855. The van der Waals surface area contributed by atoms with E-state index in [0.717, 1.165) is 18.9 Å². The maximum Gasteiger partial charge on any atom is 0.0917 e. The minimum Gasteiger partial charge on any atom is -0.498 e. The Kier molecular flexibility index (Phi) is 25.2. The SMILES string of the molecule is C#C.CC.CC(C)C.CCC1=CCCCO1. The molecule has 1 rings (SSSR count). The van der Waals surface area contributed by atoms with E-state index in [-0.39, 0.29) is 0 Å². The van der Waals surface area contributed by atoms with Crippen molar-refractivity contribution in [1.82, 2.24) is 0 Å². The fourth-order valence-corrected chi connectivity index (χ4v) is 0.855. The van der Waals surface area contributed by atoms with Gasteiger partial charge in [-0.25, -0.2) is 0 Å². The molecule has 0 spiro atoms. The Morgan fingerprint density at radius 2 is 1.69 bits per heavy atom. The van der Waals surface area contributed by atoms with Gasteiger partial charge in [0.1, 0.15) is 0 Å². The first-order valence-corrected chi connectivity index (χ1v) is 6.32. The van der Waals surface area contributed by atoms with Gasteiger partial charge in [-0.2, -0.15) is 0 Å². The lowest BCUT2D eigenvalue weighted by atomic mass is 10.2. The first-order chi connectivity index (χ1) is 7.66. The molecule has 0 radical (unpaired) electrons. The molecule has 0 aromatic heterocycles. The number of ether oxygens (including phenoxy) is 1. The molecule has 0 N–H and O–H groups in total. The van der Waals surface area contributed by atoms with Gasteiger partial charge >= 0.3 is 0 Å². The summed E-state index contributed by atoms with van der Waals surface area (Å²) in [4.78, 5) is 0. The Labute approximate surface area is 103 Å². The molecule has 1 aliphatic rings. The van der Waals surface area contributed by atoms with Gasteiger partial charge in [-0.05, 0) is 24.8 Å². The fraction of sp³-hybridized carbons (Fsp3) is 0.733. The van der Waals surface area contributed by atoms with E-state index in [1.54, 1.807) is 0 Å². The van der Waals surface area contributed by atoms with E-state index in [9.17, 15) is 0 Å². The van der Waals surface area contributed by atoms with Gasteiger partial charge in [0.15, 0.2) is 0 Å². The van der Waals surface area contributed by atoms with Crippen molar-refractivity contribution >= 4 is 0 Å². The van der Waals surface area contributed by atoms with Crippen LogP contribution in [0.4, 0.5) is 0 Å². The molecular weight excluding hydrogens is 196 g/mol. The lowest BCUT2D eigenvalue weighted by Gasteiger charge is -2.12. The van der Waals surface area contributed by atoms with Crippen LogP contribution in [0.3, 0.4) is 0 Å². The summed E-state index contributed by atoms with van der Waals surface area (Å²) in [6.07, 6.45) is 13.6. The molecule has 0 saturated carbocycles. The summed E-state index contributed by atoms with van der Waals surface area (Å²) < 4.78 is 5.29. The highest BCUT2D eigenvalue weighted by Gasteiger charge is 1.99. The standard InChI is InChI=1S/C7H12O.C4H10.C2H6.C2H2/c1-2-7-5-3-4-6-8-7;1-4(2)3;2*1-2/h5H,2-4,6H2,1H3;4H,1-3H3;1-2H3;1-2H. The summed E-state index contributed by atoms with van der Waals surface area (Å²) in [5, 5.41) is 0. The highest BCUT2D eigenvalue weighted by atomic mass is 16.5. The average Bonchev–Trinajstić information content (AvgIpc) is 2.34. The van der Waals surface area contributed by atoms with E-state index in [1.807, 2.05) is 13.8 Å². The average molecular weight is 226 g/mol. The topological polar surface area (TPSA) is 9.23 Å². The molecule has 0 bridgehead atoms. The predicted octanol–water partition coefficient (Wildman–Crippen LogP) is 5.03. The van der Waals surface area contributed by atoms with Crippen molar-refractivity contribution in [2.24, 2.45) is 5.92 Å². The molecule has 0 atom stereocenters. The molecule has 1 nitrogen and oxygen atoms in total. The van der Waals surface area contributed by atoms with Gasteiger partial charge in [-0.3, -0.25) is 0 Å². The minimum atomic E-state index is 0.833. The van der Waals surface area contributed by atoms with E-state index >= 15 is 0 Å². The van der Waals surface area contributed by atoms with Crippen LogP contribution in [-0.2, 0) is 4.74 Å². The van der Waals surface area contributed by atoms with Crippen molar-refractivity contribution in [3.05, 3.63) is 11.8 Å². The third-order valence-electron chi connectivity index (χ3n) is 1.36. The van der Waals surface area contributed by atoms with Crippen LogP contribution in [-0.4, -0.2) is 6.61 Å². The summed E-state index contributed by atoms with van der Waals surface area (Å²) in [5.74, 6) is 2.01. The Balaban J connectivity index is -0.000000181. The molecule has 96 valence electrons. The van der Waals surface area contributed by atoms with Crippen molar-refractivity contribution in [3.8, 4) is 12.8 Å². The van der Waals surface area contributed by atoms with Gasteiger partial charge in [-0.15, -0.1) is 12.8 Å².